The summed E-state index contributed by atoms with van der Waals surface area (Å²) in [5.41, 5.74) is 0. The molecule has 5 nitrogen and oxygen atoms in total. The summed E-state index contributed by atoms with van der Waals surface area (Å²) in [5, 5.41) is 10.5. The van der Waals surface area contributed by atoms with Crippen molar-refractivity contribution in [3.8, 4) is 0 Å². The van der Waals surface area contributed by atoms with Crippen molar-refractivity contribution in [3.05, 3.63) is 0 Å². The van der Waals surface area contributed by atoms with Gasteiger partial charge in [-0.2, -0.15) is 0 Å². The number of amides is 1. The molecule has 0 aromatic carbocycles. The molecule has 2 N–H and O–H groups in total. The molecule has 1 saturated heterocycles. The molecular weight excluding hydrogens is 339 g/mol. The molecule has 21 heavy (non-hydrogen) atoms. The summed E-state index contributed by atoms with van der Waals surface area (Å²) in [6, 6.07) is -0.409. The number of carbonyl (C=O) groups excluding carboxylic acids is 1. The summed E-state index contributed by atoms with van der Waals surface area (Å²) in [4.78, 5) is 11.4. The number of halogens is 3. The second kappa shape index (κ2) is 7.36. The Hall–Kier alpha value is -0.230. The number of carbonyl (C=O) groups is 1. The molecule has 8 heteroatoms. The van der Waals surface area contributed by atoms with Crippen molar-refractivity contribution in [2.75, 3.05) is 0 Å². The Kier molecular flexibility index (Phi) is 6.59. The van der Waals surface area contributed by atoms with Gasteiger partial charge in [0.15, 0.2) is 0 Å². The summed E-state index contributed by atoms with van der Waals surface area (Å²) in [6.07, 6.45) is -0.106. The third-order valence-corrected chi connectivity index (χ3v) is 4.36. The van der Waals surface area contributed by atoms with Crippen LogP contribution in [0.2, 0.25) is 0 Å². The summed E-state index contributed by atoms with van der Waals surface area (Å²) >= 11 is 16.9. The number of nitrogens with one attached hydrogen (secondary N) is 2. The van der Waals surface area contributed by atoms with Crippen molar-refractivity contribution in [2.24, 2.45) is 11.8 Å². The van der Waals surface area contributed by atoms with Crippen LogP contribution in [-0.4, -0.2) is 34.0 Å². The highest BCUT2D eigenvalue weighted by Gasteiger charge is 2.44. The van der Waals surface area contributed by atoms with Crippen molar-refractivity contribution in [1.29, 1.82) is 5.41 Å². The summed E-state index contributed by atoms with van der Waals surface area (Å²) < 4.78 is 9.25. The van der Waals surface area contributed by atoms with Crippen molar-refractivity contribution in [1.82, 2.24) is 5.32 Å². The topological polar surface area (TPSA) is 71.4 Å². The van der Waals surface area contributed by atoms with E-state index in [1.165, 1.54) is 6.92 Å². The zero-order valence-corrected chi connectivity index (χ0v) is 14.7. The van der Waals surface area contributed by atoms with Crippen molar-refractivity contribution >= 4 is 46.6 Å². The lowest BCUT2D eigenvalue weighted by atomic mass is 9.81. The molecule has 1 fully saturated rings. The molecule has 0 radical (unpaired) electrons. The van der Waals surface area contributed by atoms with Gasteiger partial charge in [0.2, 0.25) is 18.1 Å². The van der Waals surface area contributed by atoms with E-state index in [2.05, 4.69) is 12.2 Å². The van der Waals surface area contributed by atoms with E-state index in [0.717, 1.165) is 6.42 Å². The normalized spacial score (nSPS) is 33.4. The van der Waals surface area contributed by atoms with Gasteiger partial charge in [0.1, 0.15) is 0 Å². The lowest BCUT2D eigenvalue weighted by Crippen LogP contribution is -2.58. The van der Waals surface area contributed by atoms with E-state index in [-0.39, 0.29) is 23.8 Å². The van der Waals surface area contributed by atoms with Gasteiger partial charge in [-0.25, -0.2) is 0 Å². The minimum absolute atomic E-state index is 0.0433. The number of ether oxygens (including phenoxy) is 2. The van der Waals surface area contributed by atoms with Crippen LogP contribution >= 0.6 is 34.8 Å². The van der Waals surface area contributed by atoms with E-state index in [1.54, 1.807) is 0 Å². The standard InChI is InChI=1S/C13H21Cl3N2O3/c1-5-9-6(2)7(3)10(18-8(4)19)11(20-9)21-12(17)13(14,15)16/h6-7,9-11,17H,5H2,1-4H3,(H,18,19). The predicted molar refractivity (Wildman–Crippen MR) is 84.0 cm³/mol. The van der Waals surface area contributed by atoms with Gasteiger partial charge in [-0.15, -0.1) is 0 Å². The van der Waals surface area contributed by atoms with Gasteiger partial charge in [0.25, 0.3) is 3.79 Å². The molecule has 5 unspecified atom stereocenters. The van der Waals surface area contributed by atoms with E-state index in [4.69, 9.17) is 49.7 Å². The highest BCUT2D eigenvalue weighted by atomic mass is 35.6. The first-order chi connectivity index (χ1) is 9.57. The molecule has 0 saturated carbocycles. The maximum Gasteiger partial charge on any atom is 0.265 e. The van der Waals surface area contributed by atoms with Gasteiger partial charge in [-0.05, 0) is 18.3 Å². The summed E-state index contributed by atoms with van der Waals surface area (Å²) in [7, 11) is 0. The van der Waals surface area contributed by atoms with Crippen LogP contribution in [0.3, 0.4) is 0 Å². The summed E-state index contributed by atoms with van der Waals surface area (Å²) in [6.45, 7) is 7.49. The first-order valence-electron chi connectivity index (χ1n) is 6.82. The van der Waals surface area contributed by atoms with Gasteiger partial charge < -0.3 is 14.8 Å². The van der Waals surface area contributed by atoms with Gasteiger partial charge in [-0.3, -0.25) is 10.2 Å². The smallest absolute Gasteiger partial charge is 0.265 e. The molecule has 1 aliphatic heterocycles. The maximum absolute atomic E-state index is 11.4. The van der Waals surface area contributed by atoms with Crippen LogP contribution < -0.4 is 5.32 Å². The molecule has 122 valence electrons. The number of hydrogen-bond acceptors (Lipinski definition) is 4. The third kappa shape index (κ3) is 4.88. The van der Waals surface area contributed by atoms with Crippen LogP contribution in [-0.2, 0) is 14.3 Å². The molecule has 1 amide bonds. The second-order valence-electron chi connectivity index (χ2n) is 5.34. The molecule has 0 aliphatic carbocycles. The van der Waals surface area contributed by atoms with Crippen LogP contribution in [0.5, 0.6) is 0 Å². The molecule has 5 atom stereocenters. The van der Waals surface area contributed by atoms with Crippen LogP contribution in [0.1, 0.15) is 34.1 Å². The Labute approximate surface area is 140 Å². The van der Waals surface area contributed by atoms with Crippen LogP contribution in [0, 0.1) is 17.2 Å². The maximum atomic E-state index is 11.4. The number of alkyl halides is 3. The largest absolute Gasteiger partial charge is 0.446 e. The zero-order valence-electron chi connectivity index (χ0n) is 12.5. The first kappa shape index (κ1) is 18.8. The fraction of sp³-hybridized carbons (Fsp3) is 0.846. The molecule has 1 aliphatic rings. The summed E-state index contributed by atoms with van der Waals surface area (Å²) in [5.74, 6) is -0.398. The highest BCUT2D eigenvalue weighted by Crippen LogP contribution is 2.35. The monoisotopic (exact) mass is 358 g/mol. The lowest BCUT2D eigenvalue weighted by molar-refractivity contribution is -0.206. The van der Waals surface area contributed by atoms with Gasteiger partial charge in [0.05, 0.1) is 12.1 Å². The molecule has 0 bridgehead atoms. The lowest BCUT2D eigenvalue weighted by Gasteiger charge is -2.44. The highest BCUT2D eigenvalue weighted by molar-refractivity contribution is 6.76. The fourth-order valence-corrected chi connectivity index (χ4v) is 2.61. The number of rotatable bonds is 3. The first-order valence-corrected chi connectivity index (χ1v) is 7.96. The Balaban J connectivity index is 2.93. The Bertz CT molecular complexity index is 401. The van der Waals surface area contributed by atoms with Crippen molar-refractivity contribution in [3.63, 3.8) is 0 Å². The number of hydrogen-bond donors (Lipinski definition) is 2. The Morgan fingerprint density at radius 3 is 2.33 bits per heavy atom. The SMILES string of the molecule is CCC1OC(OC(=N)C(Cl)(Cl)Cl)C(NC(C)=O)C(C)C1C. The van der Waals surface area contributed by atoms with Crippen molar-refractivity contribution < 1.29 is 14.3 Å². The molecule has 0 spiro atoms. The second-order valence-corrected chi connectivity index (χ2v) is 7.62. The minimum atomic E-state index is -1.96. The van der Waals surface area contributed by atoms with E-state index in [1.807, 2.05) is 13.8 Å². The molecular formula is C13H21Cl3N2O3. The minimum Gasteiger partial charge on any atom is -0.446 e. The fourth-order valence-electron chi connectivity index (χ4n) is 2.48. The van der Waals surface area contributed by atoms with Crippen LogP contribution in [0.15, 0.2) is 0 Å². The molecule has 1 heterocycles. The average Bonchev–Trinajstić information content (AvgIpc) is 2.36. The van der Waals surface area contributed by atoms with Gasteiger partial charge in [-0.1, -0.05) is 55.6 Å². The van der Waals surface area contributed by atoms with Gasteiger partial charge in [0, 0.05) is 6.92 Å². The molecule has 1 rings (SSSR count). The van der Waals surface area contributed by atoms with Crippen LogP contribution in [0.4, 0.5) is 0 Å². The van der Waals surface area contributed by atoms with Crippen molar-refractivity contribution in [2.45, 2.75) is 56.3 Å². The van der Waals surface area contributed by atoms with Crippen LogP contribution in [0.25, 0.3) is 0 Å². The zero-order chi connectivity index (χ0) is 16.4. The van der Waals surface area contributed by atoms with E-state index >= 15 is 0 Å². The van der Waals surface area contributed by atoms with E-state index in [0.29, 0.717) is 0 Å². The van der Waals surface area contributed by atoms with E-state index in [9.17, 15) is 4.79 Å². The molecule has 0 aromatic heterocycles. The Morgan fingerprint density at radius 1 is 1.33 bits per heavy atom. The average molecular weight is 360 g/mol. The molecule has 0 aromatic rings. The Morgan fingerprint density at radius 2 is 1.90 bits per heavy atom. The quantitative estimate of drug-likeness (QED) is 0.461. The third-order valence-electron chi connectivity index (χ3n) is 3.85. The van der Waals surface area contributed by atoms with E-state index < -0.39 is 22.0 Å². The van der Waals surface area contributed by atoms with Gasteiger partial charge >= 0.3 is 0 Å². The predicted octanol–water partition coefficient (Wildman–Crippen LogP) is 3.26.